The van der Waals surface area contributed by atoms with Crippen molar-refractivity contribution in [1.29, 1.82) is 0 Å². The summed E-state index contributed by atoms with van der Waals surface area (Å²) < 4.78 is 51.7. The zero-order valence-electron chi connectivity index (χ0n) is 26.6. The smallest absolute Gasteiger partial charge is 0.258 e. The molecular formula is C33H40IN3O10S. The SMILES string of the molecule is CC(C)CN(CC(O)C(Cc1ccc(OCc2ccccc2)cc1)NC(=O)O[C@@H]1COI2OCCC12)S(=O)(=O)c1ccc([N+](=O)[O-])cc1. The Balaban J connectivity index is 1.32. The molecule has 0 radical (unpaired) electrons. The van der Waals surface area contributed by atoms with Crippen LogP contribution >= 0.6 is 20.6 Å². The van der Waals surface area contributed by atoms with Crippen LogP contribution in [0, 0.1) is 16.0 Å². The number of nitro groups is 1. The van der Waals surface area contributed by atoms with Gasteiger partial charge in [-0.1, -0.05) is 30.3 Å². The number of halogens is 1. The van der Waals surface area contributed by atoms with Crippen LogP contribution in [0.25, 0.3) is 0 Å². The Kier molecular flexibility index (Phi) is 12.3. The number of carbonyl (C=O) groups is 1. The first-order valence-corrected chi connectivity index (χ1v) is 20.0. The fourth-order valence-corrected chi connectivity index (χ4v) is 11.3. The molecule has 3 aromatic carbocycles. The minimum atomic E-state index is -4.17. The van der Waals surface area contributed by atoms with Crippen molar-refractivity contribution in [3.63, 3.8) is 0 Å². The van der Waals surface area contributed by atoms with Crippen molar-refractivity contribution in [1.82, 2.24) is 9.62 Å². The van der Waals surface area contributed by atoms with E-state index in [1.165, 1.54) is 12.1 Å². The van der Waals surface area contributed by atoms with Gasteiger partial charge in [-0.15, -0.1) is 0 Å². The standard InChI is InChI=1S/C33H40IN3O10S/c1-23(2)19-36(48(42,43)28-14-10-26(11-15-28)37(40)41)20-31(38)30(35-33(39)47-32-22-46-34-29(32)16-17-45-34)18-24-8-12-27(13-9-24)44-21-25-6-4-3-5-7-25/h3-15,23,29-32,38H,16-22H2,1-2H3,(H,35,39)/t29?,30?,31?,32-/m1/s1. The monoisotopic (exact) mass is 797 g/mol. The average molecular weight is 798 g/mol. The van der Waals surface area contributed by atoms with Crippen LogP contribution in [0.15, 0.2) is 83.8 Å². The van der Waals surface area contributed by atoms with Crippen LogP contribution in [-0.2, 0) is 33.9 Å². The van der Waals surface area contributed by atoms with E-state index in [0.29, 0.717) is 19.0 Å². The van der Waals surface area contributed by atoms with Gasteiger partial charge in [-0.25, -0.2) is 0 Å². The van der Waals surface area contributed by atoms with E-state index < -0.39 is 59.9 Å². The zero-order valence-corrected chi connectivity index (χ0v) is 29.6. The Morgan fingerprint density at radius 3 is 2.42 bits per heavy atom. The van der Waals surface area contributed by atoms with Crippen molar-refractivity contribution in [3.8, 4) is 5.75 Å². The van der Waals surface area contributed by atoms with E-state index in [4.69, 9.17) is 15.6 Å². The number of alkyl halides is 1. The van der Waals surface area contributed by atoms with Crippen LogP contribution in [0.3, 0.4) is 0 Å². The molecule has 0 aliphatic carbocycles. The van der Waals surface area contributed by atoms with E-state index in [0.717, 1.165) is 34.0 Å². The Bertz CT molecular complexity index is 1630. The number of aliphatic hydroxyl groups is 1. The van der Waals surface area contributed by atoms with Gasteiger partial charge >= 0.3 is 214 Å². The average Bonchev–Trinajstić information content (AvgIpc) is 3.69. The summed E-state index contributed by atoms with van der Waals surface area (Å²) in [4.78, 5) is 23.6. The number of amides is 1. The molecule has 5 rings (SSSR count). The number of sulfonamides is 1. The Hall–Kier alpha value is -3.35. The van der Waals surface area contributed by atoms with Gasteiger partial charge in [-0.05, 0) is 5.56 Å². The van der Waals surface area contributed by atoms with Crippen LogP contribution in [-0.4, -0.2) is 77.3 Å². The zero-order chi connectivity index (χ0) is 34.3. The summed E-state index contributed by atoms with van der Waals surface area (Å²) in [6.07, 6.45) is -1.62. The van der Waals surface area contributed by atoms with E-state index >= 15 is 0 Å². The number of hydrogen-bond donors (Lipinski definition) is 2. The van der Waals surface area contributed by atoms with Crippen molar-refractivity contribution in [3.05, 3.63) is 100 Å². The van der Waals surface area contributed by atoms with E-state index in [-0.39, 0.29) is 46.5 Å². The minimum Gasteiger partial charge on any atom is -0.258 e. The molecule has 260 valence electrons. The molecule has 13 nitrogen and oxygen atoms in total. The molecule has 2 fully saturated rings. The maximum absolute atomic E-state index is 13.7. The second-order valence-corrected chi connectivity index (χ2v) is 18.1. The number of aliphatic hydroxyl groups excluding tert-OH is 1. The summed E-state index contributed by atoms with van der Waals surface area (Å²) in [5.74, 6) is 0.530. The van der Waals surface area contributed by atoms with Crippen molar-refractivity contribution >= 4 is 42.5 Å². The summed E-state index contributed by atoms with van der Waals surface area (Å²) in [6.45, 7) is 4.63. The molecule has 3 aromatic rings. The summed E-state index contributed by atoms with van der Waals surface area (Å²) >= 11 is -2.06. The van der Waals surface area contributed by atoms with Crippen molar-refractivity contribution < 1.29 is 38.8 Å². The van der Waals surface area contributed by atoms with Crippen LogP contribution in [0.5, 0.6) is 5.75 Å². The predicted octanol–water partition coefficient (Wildman–Crippen LogP) is 5.04. The predicted molar refractivity (Wildman–Crippen MR) is 185 cm³/mol. The van der Waals surface area contributed by atoms with Gasteiger partial charge in [0.25, 0.3) is 5.69 Å². The quantitative estimate of drug-likeness (QED) is 0.0921. The van der Waals surface area contributed by atoms with Gasteiger partial charge in [-0.2, -0.15) is 0 Å². The number of ether oxygens (including phenoxy) is 2. The summed E-state index contributed by atoms with van der Waals surface area (Å²) in [6, 6.07) is 20.6. The molecule has 1 amide bonds. The third-order valence-electron chi connectivity index (χ3n) is 7.84. The first kappa shape index (κ1) is 35.9. The van der Waals surface area contributed by atoms with Gasteiger partial charge in [0, 0.05) is 12.1 Å². The number of nitrogens with one attached hydrogen (secondary N) is 1. The molecule has 48 heavy (non-hydrogen) atoms. The van der Waals surface area contributed by atoms with Gasteiger partial charge in [0.1, 0.15) is 6.61 Å². The van der Waals surface area contributed by atoms with E-state index in [1.54, 1.807) is 12.1 Å². The van der Waals surface area contributed by atoms with Crippen LogP contribution < -0.4 is 10.1 Å². The van der Waals surface area contributed by atoms with E-state index in [1.807, 2.05) is 56.3 Å². The third-order valence-corrected chi connectivity index (χ3v) is 14.4. The fraction of sp³-hybridized carbons (Fsp3) is 0.424. The Labute approximate surface area is 288 Å². The number of fused-ring (bicyclic) bond motifs is 1. The van der Waals surface area contributed by atoms with Crippen molar-refractivity contribution in [2.75, 3.05) is 26.3 Å². The van der Waals surface area contributed by atoms with Crippen molar-refractivity contribution in [2.24, 2.45) is 5.92 Å². The molecule has 2 aliphatic heterocycles. The number of nitrogens with zero attached hydrogens (tertiary/aromatic N) is 2. The number of carbonyl (C=O) groups excluding carboxylic acids is 1. The second-order valence-electron chi connectivity index (χ2n) is 12.0. The molecule has 4 atom stereocenters. The molecule has 0 bridgehead atoms. The van der Waals surface area contributed by atoms with Gasteiger partial charge in [0.15, 0.2) is 0 Å². The minimum absolute atomic E-state index is 0.0642. The van der Waals surface area contributed by atoms with Crippen LogP contribution in [0.4, 0.5) is 10.5 Å². The molecule has 3 unspecified atom stereocenters. The van der Waals surface area contributed by atoms with Crippen LogP contribution in [0.1, 0.15) is 31.4 Å². The Morgan fingerprint density at radius 1 is 1.04 bits per heavy atom. The van der Waals surface area contributed by atoms with E-state index in [2.05, 4.69) is 5.32 Å². The normalized spacial score (nSPS) is 19.6. The third kappa shape index (κ3) is 9.41. The van der Waals surface area contributed by atoms with Gasteiger partial charge in [0.05, 0.1) is 4.92 Å². The molecule has 2 heterocycles. The molecule has 2 aliphatic rings. The molecule has 2 N–H and O–H groups in total. The molecule has 0 saturated carbocycles. The maximum atomic E-state index is 13.7. The number of rotatable bonds is 15. The summed E-state index contributed by atoms with van der Waals surface area (Å²) in [5.41, 5.74) is 1.55. The number of hydrogen-bond acceptors (Lipinski definition) is 10. The fourth-order valence-electron chi connectivity index (χ4n) is 5.38. The van der Waals surface area contributed by atoms with Gasteiger partial charge in [0.2, 0.25) is 0 Å². The van der Waals surface area contributed by atoms with Gasteiger partial charge in [-0.3, -0.25) is 10.1 Å². The number of benzene rings is 3. The van der Waals surface area contributed by atoms with Gasteiger partial charge < -0.3 is 0 Å². The Morgan fingerprint density at radius 2 is 1.75 bits per heavy atom. The van der Waals surface area contributed by atoms with Crippen LogP contribution in [0.2, 0.25) is 0 Å². The van der Waals surface area contributed by atoms with Crippen molar-refractivity contribution in [2.45, 2.75) is 60.4 Å². The number of nitro benzene ring substituents is 1. The number of alkyl carbamates (subject to hydrolysis) is 1. The molecule has 15 heteroatoms. The summed E-state index contributed by atoms with van der Waals surface area (Å²) in [7, 11) is -4.17. The molecule has 0 aromatic heterocycles. The van der Waals surface area contributed by atoms with E-state index in [9.17, 15) is 28.4 Å². The number of non-ortho nitro benzene ring substituents is 1. The summed E-state index contributed by atoms with van der Waals surface area (Å²) in [5, 5.41) is 25.5. The molecule has 0 spiro atoms. The molecule has 2 saturated heterocycles. The second kappa shape index (κ2) is 16.4. The topological polar surface area (TPSA) is 167 Å². The first-order chi connectivity index (χ1) is 23.0. The molecular weight excluding hydrogens is 757 g/mol. The first-order valence-electron chi connectivity index (χ1n) is 15.6.